The lowest BCUT2D eigenvalue weighted by Crippen LogP contribution is -2.41. The molecule has 0 heterocycles. The molecule has 1 atom stereocenters. The number of methoxy groups -OCH3 is 1. The minimum absolute atomic E-state index is 0.0527. The number of ether oxygens (including phenoxy) is 1. The third-order valence-electron chi connectivity index (χ3n) is 3.84. The number of benzene rings is 2. The second kappa shape index (κ2) is 7.95. The Hall–Kier alpha value is -1.95. The van der Waals surface area contributed by atoms with Gasteiger partial charge in [-0.1, -0.05) is 42.5 Å². The van der Waals surface area contributed by atoms with Gasteiger partial charge in [-0.2, -0.15) is 13.2 Å². The Kier molecular flexibility index (Phi) is 6.16. The number of halogens is 3. The summed E-state index contributed by atoms with van der Waals surface area (Å²) in [5, 5.41) is 0. The molecule has 6 heteroatoms. The Bertz CT molecular complexity index is 699. The number of carbonyl (C=O) groups excluding carboxylic acids is 1. The Morgan fingerprint density at radius 2 is 1.64 bits per heavy atom. The van der Waals surface area contributed by atoms with Crippen LogP contribution >= 0.6 is 11.8 Å². The summed E-state index contributed by atoms with van der Waals surface area (Å²) in [5.74, 6) is 0.115. The molecule has 0 saturated carbocycles. The van der Waals surface area contributed by atoms with Crippen molar-refractivity contribution >= 4 is 17.5 Å². The minimum atomic E-state index is -4.58. The Morgan fingerprint density at radius 3 is 2.12 bits per heavy atom. The molecule has 2 rings (SSSR count). The van der Waals surface area contributed by atoms with Crippen LogP contribution < -0.4 is 4.74 Å². The molecule has 0 aliphatic carbocycles. The van der Waals surface area contributed by atoms with Gasteiger partial charge in [-0.3, -0.25) is 4.79 Å². The molecule has 0 aromatic heterocycles. The first-order valence-corrected chi connectivity index (χ1v) is 8.65. The SMILES string of the molecule is COc1ccc([C@](CC(C)=O)(SCc2ccccc2)C(F)(F)F)cc1. The Morgan fingerprint density at radius 1 is 1.04 bits per heavy atom. The van der Waals surface area contributed by atoms with Gasteiger partial charge in [0.2, 0.25) is 0 Å². The van der Waals surface area contributed by atoms with Crippen molar-refractivity contribution in [3.8, 4) is 5.75 Å². The quantitative estimate of drug-likeness (QED) is 0.658. The van der Waals surface area contributed by atoms with E-state index >= 15 is 0 Å². The fourth-order valence-corrected chi connectivity index (χ4v) is 3.95. The second-order valence-electron chi connectivity index (χ2n) is 5.71. The maximum atomic E-state index is 14.1. The lowest BCUT2D eigenvalue weighted by molar-refractivity contribution is -0.166. The van der Waals surface area contributed by atoms with E-state index in [0.29, 0.717) is 5.75 Å². The standard InChI is InChI=1S/C19H19F3O2S/c1-14(23)12-18(19(20,21)22,16-8-10-17(24-2)11-9-16)25-13-15-6-4-3-5-7-15/h3-11H,12-13H2,1-2H3/t18-/m0/s1. The molecule has 0 aliphatic rings. The molecule has 0 saturated heterocycles. The maximum absolute atomic E-state index is 14.1. The van der Waals surface area contributed by atoms with Crippen LogP contribution in [-0.2, 0) is 15.3 Å². The third kappa shape index (κ3) is 4.57. The Balaban J connectivity index is 2.45. The summed E-state index contributed by atoms with van der Waals surface area (Å²) in [5.41, 5.74) is 0.829. The zero-order valence-electron chi connectivity index (χ0n) is 14.0. The molecule has 2 aromatic carbocycles. The smallest absolute Gasteiger partial charge is 0.407 e. The van der Waals surface area contributed by atoms with Gasteiger partial charge >= 0.3 is 6.18 Å². The summed E-state index contributed by atoms with van der Waals surface area (Å²) >= 11 is 0.737. The van der Waals surface area contributed by atoms with Crippen molar-refractivity contribution in [2.45, 2.75) is 30.0 Å². The van der Waals surface area contributed by atoms with Crippen LogP contribution in [0, 0.1) is 0 Å². The molecule has 0 bridgehead atoms. The van der Waals surface area contributed by atoms with Crippen LogP contribution in [-0.4, -0.2) is 19.1 Å². The molecular weight excluding hydrogens is 349 g/mol. The molecule has 25 heavy (non-hydrogen) atoms. The van der Waals surface area contributed by atoms with Crippen molar-refractivity contribution in [2.24, 2.45) is 0 Å². The highest BCUT2D eigenvalue weighted by Crippen LogP contribution is 2.53. The van der Waals surface area contributed by atoms with Crippen molar-refractivity contribution < 1.29 is 22.7 Å². The van der Waals surface area contributed by atoms with Crippen LogP contribution in [0.3, 0.4) is 0 Å². The summed E-state index contributed by atoms with van der Waals surface area (Å²) in [7, 11) is 1.45. The zero-order chi connectivity index (χ0) is 18.5. The van der Waals surface area contributed by atoms with Crippen molar-refractivity contribution in [3.05, 3.63) is 65.7 Å². The highest BCUT2D eigenvalue weighted by atomic mass is 32.2. The number of alkyl halides is 3. The van der Waals surface area contributed by atoms with E-state index in [0.717, 1.165) is 17.3 Å². The largest absolute Gasteiger partial charge is 0.497 e. The van der Waals surface area contributed by atoms with E-state index in [4.69, 9.17) is 4.74 Å². The molecule has 134 valence electrons. The summed E-state index contributed by atoms with van der Waals surface area (Å²) in [6.45, 7) is 1.19. The van der Waals surface area contributed by atoms with Crippen LogP contribution in [0.2, 0.25) is 0 Å². The van der Waals surface area contributed by atoms with Gasteiger partial charge in [-0.15, -0.1) is 11.8 Å². The van der Waals surface area contributed by atoms with E-state index in [1.165, 1.54) is 38.3 Å². The van der Waals surface area contributed by atoms with Crippen molar-refractivity contribution in [3.63, 3.8) is 0 Å². The fraction of sp³-hybridized carbons (Fsp3) is 0.316. The summed E-state index contributed by atoms with van der Waals surface area (Å²) < 4.78 is 45.0. The normalized spacial score (nSPS) is 14.0. The third-order valence-corrected chi connectivity index (χ3v) is 5.42. The average Bonchev–Trinajstić information content (AvgIpc) is 2.58. The van der Waals surface area contributed by atoms with E-state index in [1.54, 1.807) is 24.3 Å². The topological polar surface area (TPSA) is 26.3 Å². The van der Waals surface area contributed by atoms with Gasteiger partial charge in [0.05, 0.1) is 7.11 Å². The van der Waals surface area contributed by atoms with Gasteiger partial charge in [0.1, 0.15) is 16.3 Å². The van der Waals surface area contributed by atoms with Crippen molar-refractivity contribution in [1.29, 1.82) is 0 Å². The number of ketones is 1. The van der Waals surface area contributed by atoms with Crippen LogP contribution in [0.5, 0.6) is 5.75 Å². The van der Waals surface area contributed by atoms with E-state index in [9.17, 15) is 18.0 Å². The van der Waals surface area contributed by atoms with Crippen LogP contribution in [0.15, 0.2) is 54.6 Å². The minimum Gasteiger partial charge on any atom is -0.497 e. The zero-order valence-corrected chi connectivity index (χ0v) is 14.8. The first-order valence-electron chi connectivity index (χ1n) is 7.67. The first-order chi connectivity index (χ1) is 11.8. The number of hydrogen-bond donors (Lipinski definition) is 0. The predicted molar refractivity (Wildman–Crippen MR) is 93.8 cm³/mol. The van der Waals surface area contributed by atoms with E-state index in [-0.39, 0.29) is 11.3 Å². The van der Waals surface area contributed by atoms with Crippen LogP contribution in [0.4, 0.5) is 13.2 Å². The highest BCUT2D eigenvalue weighted by Gasteiger charge is 2.56. The summed E-state index contributed by atoms with van der Waals surface area (Å²) in [4.78, 5) is 11.7. The first kappa shape index (κ1) is 19.4. The molecule has 0 aliphatic heterocycles. The summed E-state index contributed by atoms with van der Waals surface area (Å²) in [6.07, 6.45) is -5.19. The maximum Gasteiger partial charge on any atom is 0.407 e. The van der Waals surface area contributed by atoms with Gasteiger partial charge < -0.3 is 4.74 Å². The molecule has 0 unspecified atom stereocenters. The number of Topliss-reactive ketones (excluding diaryl/α,β-unsaturated/α-hetero) is 1. The fourth-order valence-electron chi connectivity index (χ4n) is 2.57. The van der Waals surface area contributed by atoms with Crippen molar-refractivity contribution in [1.82, 2.24) is 0 Å². The average molecular weight is 368 g/mol. The van der Waals surface area contributed by atoms with Crippen LogP contribution in [0.1, 0.15) is 24.5 Å². The number of carbonyl (C=O) groups is 1. The lowest BCUT2D eigenvalue weighted by atomic mass is 9.92. The molecule has 2 aromatic rings. The second-order valence-corrected chi connectivity index (χ2v) is 6.98. The predicted octanol–water partition coefficient (Wildman–Crippen LogP) is 5.37. The van der Waals surface area contributed by atoms with E-state index < -0.39 is 23.1 Å². The van der Waals surface area contributed by atoms with Gasteiger partial charge in [0, 0.05) is 12.2 Å². The monoisotopic (exact) mass is 368 g/mol. The number of hydrogen-bond acceptors (Lipinski definition) is 3. The highest BCUT2D eigenvalue weighted by molar-refractivity contribution is 7.99. The van der Waals surface area contributed by atoms with Gasteiger partial charge in [-0.05, 0) is 30.2 Å². The van der Waals surface area contributed by atoms with Crippen LogP contribution in [0.25, 0.3) is 0 Å². The van der Waals surface area contributed by atoms with E-state index in [1.807, 2.05) is 6.07 Å². The van der Waals surface area contributed by atoms with Crippen molar-refractivity contribution in [2.75, 3.05) is 7.11 Å². The molecule has 0 amide bonds. The molecule has 0 N–H and O–H groups in total. The number of thioether (sulfide) groups is 1. The van der Waals surface area contributed by atoms with E-state index in [2.05, 4.69) is 0 Å². The Labute approximate surface area is 149 Å². The molecule has 0 spiro atoms. The lowest BCUT2D eigenvalue weighted by Gasteiger charge is -2.35. The molecular formula is C19H19F3O2S. The van der Waals surface area contributed by atoms with Gasteiger partial charge in [0.25, 0.3) is 0 Å². The van der Waals surface area contributed by atoms with Gasteiger partial charge in [0.15, 0.2) is 0 Å². The number of rotatable bonds is 7. The van der Waals surface area contributed by atoms with Gasteiger partial charge in [-0.25, -0.2) is 0 Å². The molecule has 0 fully saturated rings. The molecule has 2 nitrogen and oxygen atoms in total. The summed E-state index contributed by atoms with van der Waals surface area (Å²) in [6, 6.07) is 14.7. The molecule has 0 radical (unpaired) electrons.